The van der Waals surface area contributed by atoms with Gasteiger partial charge in [-0.3, -0.25) is 4.79 Å². The molecule has 72 valence electrons. The summed E-state index contributed by atoms with van der Waals surface area (Å²) in [4.78, 5) is 11.5. The van der Waals surface area contributed by atoms with Gasteiger partial charge in [0.05, 0.1) is 0 Å². The molecule has 0 aromatic heterocycles. The van der Waals surface area contributed by atoms with E-state index in [0.29, 0.717) is 5.78 Å². The third kappa shape index (κ3) is 1.63. The van der Waals surface area contributed by atoms with Gasteiger partial charge in [0.2, 0.25) is 0 Å². The van der Waals surface area contributed by atoms with Gasteiger partial charge in [0.25, 0.3) is 0 Å². The van der Waals surface area contributed by atoms with E-state index in [1.165, 1.54) is 11.1 Å². The Hall–Kier alpha value is -1.37. The van der Waals surface area contributed by atoms with Gasteiger partial charge in [-0.25, -0.2) is 0 Å². The van der Waals surface area contributed by atoms with Gasteiger partial charge < -0.3 is 0 Å². The zero-order valence-electron chi connectivity index (χ0n) is 8.42. The van der Waals surface area contributed by atoms with E-state index >= 15 is 0 Å². The second-order valence-corrected chi connectivity index (χ2v) is 3.69. The molecule has 0 spiro atoms. The molecule has 0 radical (unpaired) electrons. The highest BCUT2D eigenvalue weighted by Gasteiger charge is 2.16. The molecule has 0 unspecified atom stereocenters. The lowest BCUT2D eigenvalue weighted by Gasteiger charge is -2.14. The number of hydrogen-bond acceptors (Lipinski definition) is 1. The molecular weight excluding hydrogens is 172 g/mol. The summed E-state index contributed by atoms with van der Waals surface area (Å²) in [6, 6.07) is 6.11. The molecule has 0 saturated heterocycles. The zero-order chi connectivity index (χ0) is 9.97. The van der Waals surface area contributed by atoms with Crippen LogP contribution in [0.15, 0.2) is 24.3 Å². The third-order valence-corrected chi connectivity index (χ3v) is 2.64. The molecule has 0 fully saturated rings. The van der Waals surface area contributed by atoms with Crippen LogP contribution >= 0.6 is 0 Å². The predicted molar refractivity (Wildman–Crippen MR) is 58.4 cm³/mol. The Bertz CT molecular complexity index is 388. The van der Waals surface area contributed by atoms with Gasteiger partial charge in [-0.2, -0.15) is 0 Å². The first-order chi connectivity index (χ1) is 6.81. The fourth-order valence-electron chi connectivity index (χ4n) is 1.96. The topological polar surface area (TPSA) is 17.1 Å². The first-order valence-electron chi connectivity index (χ1n) is 5.10. The van der Waals surface area contributed by atoms with Crippen molar-refractivity contribution in [3.63, 3.8) is 0 Å². The number of benzene rings is 1. The Morgan fingerprint density at radius 3 is 2.93 bits per heavy atom. The molecule has 0 amide bonds. The molecule has 1 heteroatoms. The second kappa shape index (κ2) is 3.79. The smallest absolute Gasteiger partial charge is 0.163 e. The first-order valence-corrected chi connectivity index (χ1v) is 5.10. The lowest BCUT2D eigenvalue weighted by Crippen LogP contribution is -2.10. The number of hydrogen-bond donors (Lipinski definition) is 0. The van der Waals surface area contributed by atoms with Gasteiger partial charge in [0.1, 0.15) is 0 Å². The van der Waals surface area contributed by atoms with Crippen LogP contribution in [0, 0.1) is 0 Å². The molecule has 0 aliphatic heterocycles. The summed E-state index contributed by atoms with van der Waals surface area (Å²) in [5.41, 5.74) is 3.35. The minimum atomic E-state index is 0.304. The van der Waals surface area contributed by atoms with Crippen LogP contribution in [0.25, 0.3) is 6.08 Å². The average Bonchev–Trinajstić information content (AvgIpc) is 2.18. The molecule has 0 N–H and O–H groups in total. The number of rotatable bonds is 1. The van der Waals surface area contributed by atoms with Gasteiger partial charge in [-0.1, -0.05) is 30.4 Å². The second-order valence-electron chi connectivity index (χ2n) is 3.69. The summed E-state index contributed by atoms with van der Waals surface area (Å²) in [6.07, 6.45) is 6.86. The minimum absolute atomic E-state index is 0.304. The fraction of sp³-hybridized carbons (Fsp3) is 0.308. The number of ketones is 1. The SMILES string of the molecule is CC=Cc1ccc2c(c1)CCCC2=O. The van der Waals surface area contributed by atoms with Crippen LogP contribution in [0.3, 0.4) is 0 Å². The van der Waals surface area contributed by atoms with Crippen molar-refractivity contribution in [1.82, 2.24) is 0 Å². The maximum Gasteiger partial charge on any atom is 0.163 e. The molecule has 1 aromatic rings. The van der Waals surface area contributed by atoms with E-state index in [1.54, 1.807) is 0 Å². The van der Waals surface area contributed by atoms with Crippen molar-refractivity contribution in [3.05, 3.63) is 41.0 Å². The highest BCUT2D eigenvalue weighted by molar-refractivity contribution is 5.98. The number of fused-ring (bicyclic) bond motifs is 1. The minimum Gasteiger partial charge on any atom is -0.294 e. The van der Waals surface area contributed by atoms with Crippen LogP contribution in [0.4, 0.5) is 0 Å². The van der Waals surface area contributed by atoms with Crippen LogP contribution in [0.2, 0.25) is 0 Å². The molecule has 1 aliphatic rings. The molecule has 1 nitrogen and oxygen atoms in total. The van der Waals surface area contributed by atoms with Crippen molar-refractivity contribution in [2.45, 2.75) is 26.2 Å². The summed E-state index contributed by atoms with van der Waals surface area (Å²) in [6.45, 7) is 2.00. The number of aryl methyl sites for hydroxylation is 1. The summed E-state index contributed by atoms with van der Waals surface area (Å²) in [5.74, 6) is 0.304. The molecular formula is C13H14O. The van der Waals surface area contributed by atoms with E-state index < -0.39 is 0 Å². The normalized spacial score (nSPS) is 15.9. The summed E-state index contributed by atoms with van der Waals surface area (Å²) < 4.78 is 0. The highest BCUT2D eigenvalue weighted by Crippen LogP contribution is 2.22. The van der Waals surface area contributed by atoms with Crippen LogP contribution in [-0.4, -0.2) is 5.78 Å². The van der Waals surface area contributed by atoms with Gasteiger partial charge in [0.15, 0.2) is 5.78 Å². The lowest BCUT2D eigenvalue weighted by molar-refractivity contribution is 0.0972. The van der Waals surface area contributed by atoms with Crippen molar-refractivity contribution >= 4 is 11.9 Å². The van der Waals surface area contributed by atoms with Crippen molar-refractivity contribution < 1.29 is 4.79 Å². The van der Waals surface area contributed by atoms with E-state index in [4.69, 9.17) is 0 Å². The van der Waals surface area contributed by atoms with Gasteiger partial charge in [-0.15, -0.1) is 0 Å². The van der Waals surface area contributed by atoms with Crippen LogP contribution in [0.1, 0.15) is 41.3 Å². The van der Waals surface area contributed by atoms with Gasteiger partial charge in [0, 0.05) is 12.0 Å². The van der Waals surface area contributed by atoms with E-state index in [-0.39, 0.29) is 0 Å². The van der Waals surface area contributed by atoms with E-state index in [0.717, 1.165) is 24.8 Å². The summed E-state index contributed by atoms with van der Waals surface area (Å²) in [5, 5.41) is 0. The molecule has 1 aliphatic carbocycles. The largest absolute Gasteiger partial charge is 0.294 e. The Morgan fingerprint density at radius 2 is 2.14 bits per heavy atom. The zero-order valence-corrected chi connectivity index (χ0v) is 8.42. The maximum atomic E-state index is 11.5. The van der Waals surface area contributed by atoms with Crippen LogP contribution < -0.4 is 0 Å². The van der Waals surface area contributed by atoms with E-state index in [2.05, 4.69) is 12.1 Å². The number of carbonyl (C=O) groups excluding carboxylic acids is 1. The maximum absolute atomic E-state index is 11.5. The Morgan fingerprint density at radius 1 is 1.29 bits per heavy atom. The number of Topliss-reactive ketones (excluding diaryl/α,β-unsaturated/α-hetero) is 1. The average molecular weight is 186 g/mol. The predicted octanol–water partition coefficient (Wildman–Crippen LogP) is 3.24. The van der Waals surface area contributed by atoms with Crippen molar-refractivity contribution in [1.29, 1.82) is 0 Å². The first kappa shape index (κ1) is 9.20. The quantitative estimate of drug-likeness (QED) is 0.658. The number of allylic oxidation sites excluding steroid dienone is 1. The Labute approximate surface area is 84.5 Å². The Kier molecular flexibility index (Phi) is 2.49. The lowest BCUT2D eigenvalue weighted by atomic mass is 9.89. The van der Waals surface area contributed by atoms with E-state index in [1.807, 2.05) is 25.1 Å². The Balaban J connectivity index is 2.43. The third-order valence-electron chi connectivity index (χ3n) is 2.64. The molecule has 0 heterocycles. The van der Waals surface area contributed by atoms with Crippen LogP contribution in [-0.2, 0) is 6.42 Å². The molecule has 0 atom stereocenters. The van der Waals surface area contributed by atoms with E-state index in [9.17, 15) is 4.79 Å². The molecule has 14 heavy (non-hydrogen) atoms. The number of carbonyl (C=O) groups is 1. The molecule has 0 bridgehead atoms. The standard InChI is InChI=1S/C13H14O/c1-2-4-10-7-8-12-11(9-10)5-3-6-13(12)14/h2,4,7-9H,3,5-6H2,1H3. The summed E-state index contributed by atoms with van der Waals surface area (Å²) >= 11 is 0. The monoisotopic (exact) mass is 186 g/mol. The van der Waals surface area contributed by atoms with Crippen molar-refractivity contribution in [3.8, 4) is 0 Å². The molecule has 1 aromatic carbocycles. The molecule has 0 saturated carbocycles. The van der Waals surface area contributed by atoms with Gasteiger partial charge in [-0.05, 0) is 30.9 Å². The van der Waals surface area contributed by atoms with Crippen molar-refractivity contribution in [2.24, 2.45) is 0 Å². The fourth-order valence-corrected chi connectivity index (χ4v) is 1.96. The van der Waals surface area contributed by atoms with Crippen molar-refractivity contribution in [2.75, 3.05) is 0 Å². The molecule has 2 rings (SSSR count). The highest BCUT2D eigenvalue weighted by atomic mass is 16.1. The van der Waals surface area contributed by atoms with Gasteiger partial charge >= 0.3 is 0 Å². The van der Waals surface area contributed by atoms with Crippen LogP contribution in [0.5, 0.6) is 0 Å². The summed E-state index contributed by atoms with van der Waals surface area (Å²) in [7, 11) is 0.